The molecule has 0 radical (unpaired) electrons. The van der Waals surface area contributed by atoms with Crippen LogP contribution in [0.15, 0.2) is 12.4 Å². The van der Waals surface area contributed by atoms with Gasteiger partial charge in [0.2, 0.25) is 0 Å². The van der Waals surface area contributed by atoms with Crippen molar-refractivity contribution < 1.29 is 5.11 Å². The van der Waals surface area contributed by atoms with Crippen molar-refractivity contribution in [2.24, 2.45) is 11.7 Å². The fourth-order valence-electron chi connectivity index (χ4n) is 2.23. The van der Waals surface area contributed by atoms with E-state index in [1.165, 1.54) is 0 Å². The van der Waals surface area contributed by atoms with E-state index in [0.29, 0.717) is 24.9 Å². The van der Waals surface area contributed by atoms with E-state index in [4.69, 9.17) is 5.73 Å². The molecule has 1 atom stereocenters. The maximum atomic E-state index is 10.5. The molecule has 16 heavy (non-hydrogen) atoms. The average Bonchev–Trinajstić information content (AvgIpc) is 3.00. The van der Waals surface area contributed by atoms with Crippen LogP contribution in [-0.2, 0) is 6.54 Å². The molecular formula is C12H21N3O. The number of hydrogen-bond donors (Lipinski definition) is 2. The highest BCUT2D eigenvalue weighted by molar-refractivity contribution is 5.02. The van der Waals surface area contributed by atoms with Crippen molar-refractivity contribution in [3.8, 4) is 0 Å². The Morgan fingerprint density at radius 1 is 1.62 bits per heavy atom. The summed E-state index contributed by atoms with van der Waals surface area (Å²) in [6.07, 6.45) is 5.91. The Morgan fingerprint density at radius 3 is 2.81 bits per heavy atom. The molecule has 0 amide bonds. The smallest absolute Gasteiger partial charge is 0.111 e. The van der Waals surface area contributed by atoms with Gasteiger partial charge in [0, 0.05) is 24.9 Å². The first-order chi connectivity index (χ1) is 7.57. The summed E-state index contributed by atoms with van der Waals surface area (Å²) in [4.78, 5) is 4.32. The van der Waals surface area contributed by atoms with Gasteiger partial charge in [-0.2, -0.15) is 0 Å². The fourth-order valence-corrected chi connectivity index (χ4v) is 2.23. The second-order valence-electron chi connectivity index (χ2n) is 5.15. The van der Waals surface area contributed by atoms with Crippen LogP contribution in [0.2, 0.25) is 0 Å². The first-order valence-electron chi connectivity index (χ1n) is 6.00. The van der Waals surface area contributed by atoms with Crippen LogP contribution >= 0.6 is 0 Å². The van der Waals surface area contributed by atoms with Crippen LogP contribution in [0.5, 0.6) is 0 Å². The molecule has 3 N–H and O–H groups in total. The van der Waals surface area contributed by atoms with E-state index in [1.807, 2.05) is 10.8 Å². The van der Waals surface area contributed by atoms with Crippen molar-refractivity contribution in [1.29, 1.82) is 0 Å². The van der Waals surface area contributed by atoms with Crippen LogP contribution in [0.3, 0.4) is 0 Å². The van der Waals surface area contributed by atoms with E-state index in [-0.39, 0.29) is 0 Å². The van der Waals surface area contributed by atoms with Crippen molar-refractivity contribution in [1.82, 2.24) is 9.55 Å². The zero-order valence-corrected chi connectivity index (χ0v) is 10.1. The topological polar surface area (TPSA) is 64.1 Å². The largest absolute Gasteiger partial charge is 0.386 e. The molecule has 0 bridgehead atoms. The normalized spacial score (nSPS) is 20.1. The Balaban J connectivity index is 2.15. The number of rotatable bonds is 5. The summed E-state index contributed by atoms with van der Waals surface area (Å²) in [5.41, 5.74) is 4.96. The second-order valence-corrected chi connectivity index (χ2v) is 5.15. The Hall–Kier alpha value is -0.870. The first-order valence-corrected chi connectivity index (χ1v) is 6.00. The molecule has 1 aliphatic carbocycles. The zero-order valence-electron chi connectivity index (χ0n) is 10.1. The molecule has 1 aromatic rings. The lowest BCUT2D eigenvalue weighted by molar-refractivity contribution is 0.00852. The third-order valence-corrected chi connectivity index (χ3v) is 3.40. The number of nitrogens with zero attached hydrogens (tertiary/aromatic N) is 2. The van der Waals surface area contributed by atoms with E-state index >= 15 is 0 Å². The zero-order chi connectivity index (χ0) is 11.8. The van der Waals surface area contributed by atoms with Gasteiger partial charge in [-0.25, -0.2) is 4.98 Å². The van der Waals surface area contributed by atoms with Crippen molar-refractivity contribution >= 4 is 0 Å². The average molecular weight is 223 g/mol. The molecule has 0 spiro atoms. The monoisotopic (exact) mass is 223 g/mol. The molecule has 1 saturated carbocycles. The van der Waals surface area contributed by atoms with Crippen molar-refractivity contribution in [3.05, 3.63) is 18.2 Å². The quantitative estimate of drug-likeness (QED) is 0.786. The summed E-state index contributed by atoms with van der Waals surface area (Å²) in [5.74, 6) is 1.77. The number of aromatic nitrogens is 2. The van der Waals surface area contributed by atoms with Crippen LogP contribution in [0.25, 0.3) is 0 Å². The summed E-state index contributed by atoms with van der Waals surface area (Å²) in [5, 5.41) is 10.5. The third kappa shape index (κ3) is 2.13. The predicted molar refractivity (Wildman–Crippen MR) is 63.0 cm³/mol. The van der Waals surface area contributed by atoms with Crippen molar-refractivity contribution in [3.63, 3.8) is 0 Å². The molecule has 2 rings (SSSR count). The third-order valence-electron chi connectivity index (χ3n) is 3.40. The molecule has 1 aromatic heterocycles. The maximum absolute atomic E-state index is 10.5. The SMILES string of the molecule is CC(C)c1nccn1CC(O)(CN)C1CC1. The first kappa shape index (κ1) is 11.6. The molecule has 1 fully saturated rings. The lowest BCUT2D eigenvalue weighted by Crippen LogP contribution is -2.44. The number of aliphatic hydroxyl groups is 1. The molecular weight excluding hydrogens is 202 g/mol. The van der Waals surface area contributed by atoms with Gasteiger partial charge in [0.25, 0.3) is 0 Å². The lowest BCUT2D eigenvalue weighted by atomic mass is 9.97. The van der Waals surface area contributed by atoms with Gasteiger partial charge in [-0.1, -0.05) is 13.8 Å². The van der Waals surface area contributed by atoms with Gasteiger partial charge in [0.05, 0.1) is 12.1 Å². The summed E-state index contributed by atoms with van der Waals surface area (Å²) >= 11 is 0. The Morgan fingerprint density at radius 2 is 2.31 bits per heavy atom. The highest BCUT2D eigenvalue weighted by atomic mass is 16.3. The molecule has 90 valence electrons. The van der Waals surface area contributed by atoms with Gasteiger partial charge in [0.15, 0.2) is 0 Å². The standard InChI is InChI=1S/C12H21N3O/c1-9(2)11-14-5-6-15(11)8-12(16,7-13)10-3-4-10/h5-6,9-10,16H,3-4,7-8,13H2,1-2H3. The summed E-state index contributed by atoms with van der Waals surface area (Å²) in [7, 11) is 0. The molecule has 4 nitrogen and oxygen atoms in total. The molecule has 0 aromatic carbocycles. The highest BCUT2D eigenvalue weighted by Crippen LogP contribution is 2.40. The Bertz CT molecular complexity index is 357. The minimum Gasteiger partial charge on any atom is -0.386 e. The van der Waals surface area contributed by atoms with Crippen LogP contribution in [0, 0.1) is 5.92 Å². The Labute approximate surface area is 96.5 Å². The molecule has 1 unspecified atom stereocenters. The van der Waals surface area contributed by atoms with E-state index in [0.717, 1.165) is 18.7 Å². The summed E-state index contributed by atoms with van der Waals surface area (Å²) in [6.45, 7) is 5.12. The van der Waals surface area contributed by atoms with Crippen LogP contribution in [0.4, 0.5) is 0 Å². The minimum atomic E-state index is -0.746. The predicted octanol–water partition coefficient (Wildman–Crippen LogP) is 1.11. The van der Waals surface area contributed by atoms with Gasteiger partial charge < -0.3 is 15.4 Å². The van der Waals surface area contributed by atoms with Gasteiger partial charge in [-0.05, 0) is 18.8 Å². The fraction of sp³-hybridized carbons (Fsp3) is 0.750. The van der Waals surface area contributed by atoms with Gasteiger partial charge in [-0.15, -0.1) is 0 Å². The number of hydrogen-bond acceptors (Lipinski definition) is 3. The van der Waals surface area contributed by atoms with Gasteiger partial charge in [-0.3, -0.25) is 0 Å². The number of nitrogens with two attached hydrogens (primary N) is 1. The van der Waals surface area contributed by atoms with Gasteiger partial charge >= 0.3 is 0 Å². The Kier molecular flexibility index (Phi) is 3.04. The van der Waals surface area contributed by atoms with Crippen LogP contribution < -0.4 is 5.73 Å². The molecule has 0 saturated heterocycles. The van der Waals surface area contributed by atoms with E-state index in [9.17, 15) is 5.11 Å². The highest BCUT2D eigenvalue weighted by Gasteiger charge is 2.43. The molecule has 1 aliphatic rings. The minimum absolute atomic E-state index is 0.327. The number of imidazole rings is 1. The van der Waals surface area contributed by atoms with E-state index in [2.05, 4.69) is 18.8 Å². The van der Waals surface area contributed by atoms with Crippen molar-refractivity contribution in [2.75, 3.05) is 6.54 Å². The maximum Gasteiger partial charge on any atom is 0.111 e. The van der Waals surface area contributed by atoms with Crippen LogP contribution in [-0.4, -0.2) is 26.8 Å². The van der Waals surface area contributed by atoms with E-state index < -0.39 is 5.60 Å². The van der Waals surface area contributed by atoms with Gasteiger partial charge in [0.1, 0.15) is 5.82 Å². The molecule has 1 heterocycles. The second kappa shape index (κ2) is 4.18. The van der Waals surface area contributed by atoms with Crippen molar-refractivity contribution in [2.45, 2.75) is 44.8 Å². The molecule has 0 aliphatic heterocycles. The molecule has 4 heteroatoms. The lowest BCUT2D eigenvalue weighted by Gasteiger charge is -2.28. The summed E-state index contributed by atoms with van der Waals surface area (Å²) in [6, 6.07) is 0. The summed E-state index contributed by atoms with van der Waals surface area (Å²) < 4.78 is 2.04. The van der Waals surface area contributed by atoms with Crippen LogP contribution in [0.1, 0.15) is 38.4 Å². The van der Waals surface area contributed by atoms with E-state index in [1.54, 1.807) is 6.20 Å².